The SMILES string of the molecule is COc1c(N=O)c(O)c(C)c(O)c1N=O. The van der Waals surface area contributed by atoms with Crippen molar-refractivity contribution in [2.24, 2.45) is 10.4 Å². The number of rotatable bonds is 3. The predicted molar refractivity (Wildman–Crippen MR) is 52.0 cm³/mol. The zero-order chi connectivity index (χ0) is 11.6. The molecular formula is C8H8N2O5. The zero-order valence-electron chi connectivity index (χ0n) is 8.01. The van der Waals surface area contributed by atoms with E-state index in [-0.39, 0.29) is 11.3 Å². The summed E-state index contributed by atoms with van der Waals surface area (Å²) in [7, 11) is 1.16. The van der Waals surface area contributed by atoms with E-state index >= 15 is 0 Å². The van der Waals surface area contributed by atoms with Crippen molar-refractivity contribution in [3.8, 4) is 17.2 Å². The number of hydrogen-bond acceptors (Lipinski definition) is 7. The summed E-state index contributed by atoms with van der Waals surface area (Å²) in [4.78, 5) is 20.8. The summed E-state index contributed by atoms with van der Waals surface area (Å²) in [5.74, 6) is -1.42. The number of phenolic OH excluding ortho intramolecular Hbond substituents is 2. The van der Waals surface area contributed by atoms with Gasteiger partial charge in [-0.2, -0.15) is 0 Å². The fraction of sp³-hybridized carbons (Fsp3) is 0.250. The summed E-state index contributed by atoms with van der Waals surface area (Å²) >= 11 is 0. The van der Waals surface area contributed by atoms with Crippen LogP contribution in [0.1, 0.15) is 5.56 Å². The minimum Gasteiger partial charge on any atom is -0.505 e. The van der Waals surface area contributed by atoms with Gasteiger partial charge in [0.25, 0.3) is 0 Å². The van der Waals surface area contributed by atoms with Gasteiger partial charge < -0.3 is 14.9 Å². The molecule has 0 saturated heterocycles. The Bertz CT molecular complexity index is 395. The van der Waals surface area contributed by atoms with E-state index in [4.69, 9.17) is 0 Å². The smallest absolute Gasteiger partial charge is 0.194 e. The van der Waals surface area contributed by atoms with Gasteiger partial charge in [0.05, 0.1) is 7.11 Å². The molecule has 80 valence electrons. The predicted octanol–water partition coefficient (Wildman–Crippen LogP) is 2.21. The lowest BCUT2D eigenvalue weighted by Gasteiger charge is -2.10. The van der Waals surface area contributed by atoms with E-state index in [1.54, 1.807) is 0 Å². The Labute approximate surface area is 84.3 Å². The zero-order valence-corrected chi connectivity index (χ0v) is 8.01. The lowest BCUT2D eigenvalue weighted by Crippen LogP contribution is -1.88. The maximum Gasteiger partial charge on any atom is 0.194 e. The number of benzene rings is 1. The number of aromatic hydroxyl groups is 2. The first-order chi connectivity index (χ1) is 7.08. The minimum atomic E-state index is -0.535. The Balaban J connectivity index is 3.74. The van der Waals surface area contributed by atoms with E-state index < -0.39 is 22.9 Å². The van der Waals surface area contributed by atoms with Gasteiger partial charge in [0.1, 0.15) is 0 Å². The number of ether oxygens (including phenoxy) is 1. The van der Waals surface area contributed by atoms with Crippen molar-refractivity contribution >= 4 is 11.4 Å². The quantitative estimate of drug-likeness (QED) is 0.746. The van der Waals surface area contributed by atoms with Crippen LogP contribution in [0, 0.1) is 16.7 Å². The van der Waals surface area contributed by atoms with E-state index in [1.165, 1.54) is 6.92 Å². The van der Waals surface area contributed by atoms with Crippen molar-refractivity contribution < 1.29 is 14.9 Å². The molecule has 0 fully saturated rings. The number of phenols is 2. The maximum atomic E-state index is 10.4. The highest BCUT2D eigenvalue weighted by atomic mass is 16.5. The topological polar surface area (TPSA) is 109 Å². The van der Waals surface area contributed by atoms with Crippen LogP contribution in [0.4, 0.5) is 11.4 Å². The Morgan fingerprint density at radius 2 is 1.47 bits per heavy atom. The van der Waals surface area contributed by atoms with Crippen molar-refractivity contribution in [2.45, 2.75) is 6.92 Å². The van der Waals surface area contributed by atoms with Crippen LogP contribution >= 0.6 is 0 Å². The number of hydrogen-bond donors (Lipinski definition) is 2. The van der Waals surface area contributed by atoms with Crippen molar-refractivity contribution in [1.82, 2.24) is 0 Å². The Morgan fingerprint density at radius 1 is 1.07 bits per heavy atom. The Kier molecular flexibility index (Phi) is 2.84. The van der Waals surface area contributed by atoms with Crippen molar-refractivity contribution in [3.05, 3.63) is 15.4 Å². The maximum absolute atomic E-state index is 10.4. The van der Waals surface area contributed by atoms with E-state index in [2.05, 4.69) is 15.1 Å². The Hall–Kier alpha value is -2.18. The number of nitroso groups, excluding NO2 is 2. The first kappa shape index (κ1) is 10.9. The van der Waals surface area contributed by atoms with Crippen LogP contribution in [0.15, 0.2) is 10.4 Å². The van der Waals surface area contributed by atoms with Crippen molar-refractivity contribution in [1.29, 1.82) is 0 Å². The molecule has 2 N–H and O–H groups in total. The van der Waals surface area contributed by atoms with Crippen LogP contribution < -0.4 is 4.74 Å². The van der Waals surface area contributed by atoms with Crippen molar-refractivity contribution in [3.63, 3.8) is 0 Å². The molecule has 15 heavy (non-hydrogen) atoms. The van der Waals surface area contributed by atoms with Crippen LogP contribution in [0.3, 0.4) is 0 Å². The average Bonchev–Trinajstić information content (AvgIpc) is 2.25. The molecule has 0 aliphatic rings. The van der Waals surface area contributed by atoms with E-state index in [1.807, 2.05) is 0 Å². The molecule has 0 unspecified atom stereocenters. The van der Waals surface area contributed by atoms with Gasteiger partial charge in [0.2, 0.25) is 0 Å². The highest BCUT2D eigenvalue weighted by molar-refractivity contribution is 5.80. The Morgan fingerprint density at radius 3 is 1.73 bits per heavy atom. The molecule has 0 heterocycles. The molecule has 0 aromatic heterocycles. The van der Waals surface area contributed by atoms with Crippen LogP contribution in [0.2, 0.25) is 0 Å². The van der Waals surface area contributed by atoms with Crippen LogP contribution in [-0.4, -0.2) is 17.3 Å². The first-order valence-corrected chi connectivity index (χ1v) is 3.87. The average molecular weight is 212 g/mol. The molecule has 0 radical (unpaired) electrons. The van der Waals surface area contributed by atoms with Gasteiger partial charge in [-0.3, -0.25) is 0 Å². The second-order valence-electron chi connectivity index (χ2n) is 2.74. The largest absolute Gasteiger partial charge is 0.505 e. The lowest BCUT2D eigenvalue weighted by atomic mass is 10.1. The standard InChI is InChI=1S/C8H8N2O5/c1-3-6(11)4(9-13)8(15-2)5(10-14)7(3)12/h11-12H,1-2H3. The third kappa shape index (κ3) is 1.47. The molecule has 1 aromatic carbocycles. The van der Waals surface area contributed by atoms with Gasteiger partial charge in [-0.15, -0.1) is 9.81 Å². The molecule has 0 spiro atoms. The van der Waals surface area contributed by atoms with Crippen molar-refractivity contribution in [2.75, 3.05) is 7.11 Å². The monoisotopic (exact) mass is 212 g/mol. The molecule has 0 aliphatic heterocycles. The van der Waals surface area contributed by atoms with Crippen LogP contribution in [-0.2, 0) is 0 Å². The molecular weight excluding hydrogens is 204 g/mol. The normalized spacial score (nSPS) is 9.73. The summed E-state index contributed by atoms with van der Waals surface area (Å²) in [6.45, 7) is 1.31. The fourth-order valence-corrected chi connectivity index (χ4v) is 1.16. The number of nitrogens with zero attached hydrogens (tertiary/aromatic N) is 2. The number of methoxy groups -OCH3 is 1. The third-order valence-electron chi connectivity index (χ3n) is 1.98. The van der Waals surface area contributed by atoms with E-state index in [9.17, 15) is 20.0 Å². The fourth-order valence-electron chi connectivity index (χ4n) is 1.16. The second-order valence-corrected chi connectivity index (χ2v) is 2.74. The molecule has 0 saturated carbocycles. The van der Waals surface area contributed by atoms with Gasteiger partial charge in [0.15, 0.2) is 28.6 Å². The van der Waals surface area contributed by atoms with Gasteiger partial charge in [-0.1, -0.05) is 0 Å². The summed E-state index contributed by atoms with van der Waals surface area (Å²) in [5.41, 5.74) is -0.968. The van der Waals surface area contributed by atoms with Gasteiger partial charge in [-0.25, -0.2) is 0 Å². The van der Waals surface area contributed by atoms with Crippen LogP contribution in [0.25, 0.3) is 0 Å². The molecule has 7 heteroatoms. The van der Waals surface area contributed by atoms with E-state index in [0.29, 0.717) is 0 Å². The molecule has 0 aliphatic carbocycles. The molecule has 0 amide bonds. The molecule has 0 atom stereocenters. The van der Waals surface area contributed by atoms with Gasteiger partial charge in [-0.05, 0) is 17.3 Å². The first-order valence-electron chi connectivity index (χ1n) is 3.87. The van der Waals surface area contributed by atoms with E-state index in [0.717, 1.165) is 7.11 Å². The summed E-state index contributed by atoms with van der Waals surface area (Å²) in [5, 5.41) is 23.9. The molecule has 1 rings (SSSR count). The molecule has 1 aromatic rings. The molecule has 7 nitrogen and oxygen atoms in total. The summed E-state index contributed by atoms with van der Waals surface area (Å²) < 4.78 is 4.67. The summed E-state index contributed by atoms with van der Waals surface area (Å²) in [6.07, 6.45) is 0. The van der Waals surface area contributed by atoms with Gasteiger partial charge >= 0.3 is 0 Å². The van der Waals surface area contributed by atoms with Crippen LogP contribution in [0.5, 0.6) is 17.2 Å². The second kappa shape index (κ2) is 3.91. The molecule has 0 bridgehead atoms. The highest BCUT2D eigenvalue weighted by Crippen LogP contribution is 2.51. The minimum absolute atomic E-state index is 0.0556. The summed E-state index contributed by atoms with van der Waals surface area (Å²) in [6, 6.07) is 0. The highest BCUT2D eigenvalue weighted by Gasteiger charge is 2.23. The third-order valence-corrected chi connectivity index (χ3v) is 1.98. The van der Waals surface area contributed by atoms with Gasteiger partial charge in [0, 0.05) is 5.56 Å². The lowest BCUT2D eigenvalue weighted by molar-refractivity contribution is 0.400.